The van der Waals surface area contributed by atoms with Crippen LogP contribution in [0.1, 0.15) is 33.1 Å². The highest BCUT2D eigenvalue weighted by atomic mass is 16.2. The molecule has 0 aromatic heterocycles. The summed E-state index contributed by atoms with van der Waals surface area (Å²) < 4.78 is 0. The molecule has 0 bridgehead atoms. The van der Waals surface area contributed by atoms with Crippen LogP contribution in [0.2, 0.25) is 0 Å². The predicted molar refractivity (Wildman–Crippen MR) is 83.6 cm³/mol. The summed E-state index contributed by atoms with van der Waals surface area (Å²) in [6.45, 7) is 11.7. The van der Waals surface area contributed by atoms with Crippen LogP contribution in [0.5, 0.6) is 0 Å². The summed E-state index contributed by atoms with van der Waals surface area (Å²) in [5, 5.41) is 2.99. The van der Waals surface area contributed by atoms with Gasteiger partial charge in [-0.05, 0) is 38.4 Å². The highest BCUT2D eigenvalue weighted by Crippen LogP contribution is 2.05. The van der Waals surface area contributed by atoms with Crippen molar-refractivity contribution in [1.82, 2.24) is 15.1 Å². The fourth-order valence-electron chi connectivity index (χ4n) is 2.54. The average Bonchev–Trinajstić information content (AvgIpc) is 2.64. The van der Waals surface area contributed by atoms with E-state index in [1.165, 1.54) is 0 Å². The van der Waals surface area contributed by atoms with E-state index in [1.54, 1.807) is 0 Å². The van der Waals surface area contributed by atoms with Crippen LogP contribution in [-0.2, 0) is 4.79 Å². The first-order valence-corrected chi connectivity index (χ1v) is 8.07. The number of hydrogen-bond donors (Lipinski definition) is 2. The molecule has 1 amide bonds. The van der Waals surface area contributed by atoms with Gasteiger partial charge < -0.3 is 16.0 Å². The van der Waals surface area contributed by atoms with Crippen molar-refractivity contribution in [1.29, 1.82) is 0 Å². The zero-order valence-electron chi connectivity index (χ0n) is 13.2. The first-order valence-electron chi connectivity index (χ1n) is 8.07. The Kier molecular flexibility index (Phi) is 8.82. The van der Waals surface area contributed by atoms with E-state index < -0.39 is 0 Å². The summed E-state index contributed by atoms with van der Waals surface area (Å²) in [6.07, 6.45) is 3.33. The average molecular weight is 284 g/mol. The van der Waals surface area contributed by atoms with E-state index in [0.29, 0.717) is 12.5 Å². The molecule has 118 valence electrons. The van der Waals surface area contributed by atoms with Crippen LogP contribution in [0.25, 0.3) is 0 Å². The quantitative estimate of drug-likeness (QED) is 0.637. The number of carbonyl (C=O) groups excluding carboxylic acids is 1. The van der Waals surface area contributed by atoms with E-state index in [4.69, 9.17) is 5.73 Å². The highest BCUT2D eigenvalue weighted by molar-refractivity contribution is 5.77. The van der Waals surface area contributed by atoms with E-state index >= 15 is 0 Å². The minimum absolute atomic E-state index is 0.169. The van der Waals surface area contributed by atoms with Gasteiger partial charge in [0.25, 0.3) is 0 Å². The Labute approximate surface area is 123 Å². The summed E-state index contributed by atoms with van der Waals surface area (Å²) in [7, 11) is 0. The van der Waals surface area contributed by atoms with Crippen molar-refractivity contribution in [2.75, 3.05) is 52.4 Å². The van der Waals surface area contributed by atoms with Gasteiger partial charge in [0.05, 0.1) is 6.54 Å². The van der Waals surface area contributed by atoms with Crippen molar-refractivity contribution in [3.8, 4) is 0 Å². The molecule has 1 aliphatic rings. The Morgan fingerprint density at radius 1 is 1.25 bits per heavy atom. The molecule has 0 radical (unpaired) electrons. The number of hydrogen-bond acceptors (Lipinski definition) is 4. The monoisotopic (exact) mass is 284 g/mol. The molecule has 1 fully saturated rings. The van der Waals surface area contributed by atoms with E-state index in [1.807, 2.05) is 0 Å². The highest BCUT2D eigenvalue weighted by Gasteiger charge is 2.17. The molecular formula is C15H32N4O. The van der Waals surface area contributed by atoms with Crippen molar-refractivity contribution in [2.24, 2.45) is 11.7 Å². The Bertz CT molecular complexity index is 273. The number of nitrogens with two attached hydrogens (primary N) is 1. The standard InChI is InChI=1S/C15H32N4O/c1-3-4-6-17-15(20)13-19-8-5-7-18(9-10-19)12-14(2)11-16/h14H,3-13,16H2,1-2H3,(H,17,20). The largest absolute Gasteiger partial charge is 0.355 e. The fourth-order valence-corrected chi connectivity index (χ4v) is 2.54. The number of amides is 1. The van der Waals surface area contributed by atoms with E-state index in [0.717, 1.165) is 65.1 Å². The molecule has 1 aliphatic heterocycles. The molecule has 0 aromatic rings. The van der Waals surface area contributed by atoms with Crippen molar-refractivity contribution >= 4 is 5.91 Å². The molecule has 1 heterocycles. The molecule has 1 rings (SSSR count). The van der Waals surface area contributed by atoms with E-state index in [2.05, 4.69) is 29.0 Å². The topological polar surface area (TPSA) is 61.6 Å². The number of carbonyl (C=O) groups is 1. The summed E-state index contributed by atoms with van der Waals surface area (Å²) in [5.41, 5.74) is 5.69. The van der Waals surface area contributed by atoms with E-state index in [9.17, 15) is 4.79 Å². The van der Waals surface area contributed by atoms with Crippen molar-refractivity contribution in [3.63, 3.8) is 0 Å². The minimum atomic E-state index is 0.169. The molecule has 0 aliphatic carbocycles. The van der Waals surface area contributed by atoms with Gasteiger partial charge in [-0.1, -0.05) is 20.3 Å². The molecule has 3 N–H and O–H groups in total. The van der Waals surface area contributed by atoms with Gasteiger partial charge >= 0.3 is 0 Å². The number of unbranched alkanes of at least 4 members (excludes halogenated alkanes) is 1. The van der Waals surface area contributed by atoms with Gasteiger partial charge in [-0.15, -0.1) is 0 Å². The predicted octanol–water partition coefficient (Wildman–Crippen LogP) is 0.505. The van der Waals surface area contributed by atoms with Gasteiger partial charge in [0, 0.05) is 26.2 Å². The second kappa shape index (κ2) is 10.1. The van der Waals surface area contributed by atoms with Gasteiger partial charge in [-0.2, -0.15) is 0 Å². The third-order valence-electron chi connectivity index (χ3n) is 3.87. The number of nitrogens with one attached hydrogen (secondary N) is 1. The Morgan fingerprint density at radius 3 is 2.65 bits per heavy atom. The Balaban J connectivity index is 2.24. The molecule has 0 spiro atoms. The van der Waals surface area contributed by atoms with Crippen LogP contribution in [0.4, 0.5) is 0 Å². The maximum Gasteiger partial charge on any atom is 0.234 e. The molecule has 5 heteroatoms. The Hall–Kier alpha value is -0.650. The smallest absolute Gasteiger partial charge is 0.234 e. The van der Waals surface area contributed by atoms with Crippen LogP contribution in [0.15, 0.2) is 0 Å². The number of nitrogens with zero attached hydrogens (tertiary/aromatic N) is 2. The first-order chi connectivity index (χ1) is 9.65. The lowest BCUT2D eigenvalue weighted by Crippen LogP contribution is -2.40. The summed E-state index contributed by atoms with van der Waals surface area (Å²) >= 11 is 0. The minimum Gasteiger partial charge on any atom is -0.355 e. The second-order valence-electron chi connectivity index (χ2n) is 5.97. The second-order valence-corrected chi connectivity index (χ2v) is 5.97. The lowest BCUT2D eigenvalue weighted by molar-refractivity contribution is -0.122. The maximum absolute atomic E-state index is 11.8. The third-order valence-corrected chi connectivity index (χ3v) is 3.87. The Morgan fingerprint density at radius 2 is 1.95 bits per heavy atom. The van der Waals surface area contributed by atoms with Crippen LogP contribution in [0, 0.1) is 5.92 Å². The maximum atomic E-state index is 11.8. The van der Waals surface area contributed by atoms with Gasteiger partial charge in [-0.25, -0.2) is 0 Å². The van der Waals surface area contributed by atoms with Crippen molar-refractivity contribution in [2.45, 2.75) is 33.1 Å². The van der Waals surface area contributed by atoms with E-state index in [-0.39, 0.29) is 5.91 Å². The van der Waals surface area contributed by atoms with Crippen molar-refractivity contribution in [3.05, 3.63) is 0 Å². The molecule has 0 aromatic carbocycles. The summed E-state index contributed by atoms with van der Waals surface area (Å²) in [5.74, 6) is 0.723. The SMILES string of the molecule is CCCCNC(=O)CN1CCCN(CC(C)CN)CC1. The molecule has 5 nitrogen and oxygen atoms in total. The van der Waals surface area contributed by atoms with Gasteiger partial charge in [0.2, 0.25) is 5.91 Å². The van der Waals surface area contributed by atoms with Crippen LogP contribution >= 0.6 is 0 Å². The van der Waals surface area contributed by atoms with Gasteiger partial charge in [0.15, 0.2) is 0 Å². The van der Waals surface area contributed by atoms with Gasteiger partial charge in [-0.3, -0.25) is 9.69 Å². The number of rotatable bonds is 8. The summed E-state index contributed by atoms with van der Waals surface area (Å²) in [4.78, 5) is 16.6. The molecule has 1 unspecified atom stereocenters. The first kappa shape index (κ1) is 17.4. The fraction of sp³-hybridized carbons (Fsp3) is 0.933. The van der Waals surface area contributed by atoms with Crippen LogP contribution in [0.3, 0.4) is 0 Å². The molecular weight excluding hydrogens is 252 g/mol. The molecule has 0 saturated carbocycles. The van der Waals surface area contributed by atoms with Crippen LogP contribution in [-0.4, -0.2) is 68.1 Å². The normalized spacial score (nSPS) is 19.6. The summed E-state index contributed by atoms with van der Waals surface area (Å²) in [6, 6.07) is 0. The van der Waals surface area contributed by atoms with Crippen LogP contribution < -0.4 is 11.1 Å². The zero-order valence-corrected chi connectivity index (χ0v) is 13.2. The lowest BCUT2D eigenvalue weighted by atomic mass is 10.1. The molecule has 1 saturated heterocycles. The third kappa shape index (κ3) is 7.22. The van der Waals surface area contributed by atoms with Gasteiger partial charge in [0.1, 0.15) is 0 Å². The van der Waals surface area contributed by atoms with Crippen molar-refractivity contribution < 1.29 is 4.79 Å². The molecule has 1 atom stereocenters. The lowest BCUT2D eigenvalue weighted by Gasteiger charge is -2.23. The zero-order chi connectivity index (χ0) is 14.8. The molecule has 20 heavy (non-hydrogen) atoms.